The topological polar surface area (TPSA) is 84.4 Å². The predicted molar refractivity (Wildman–Crippen MR) is 162 cm³/mol. The molecule has 1 aliphatic carbocycles. The van der Waals surface area contributed by atoms with Crippen LogP contribution in [0.3, 0.4) is 0 Å². The van der Waals surface area contributed by atoms with E-state index in [1.54, 1.807) is 0 Å². The first-order chi connectivity index (χ1) is 21.0. The molecular formula is C33H36F2N6O2. The molecule has 0 bridgehead atoms. The van der Waals surface area contributed by atoms with Gasteiger partial charge in [0, 0.05) is 43.1 Å². The summed E-state index contributed by atoms with van der Waals surface area (Å²) < 4.78 is 43.8. The van der Waals surface area contributed by atoms with E-state index in [0.29, 0.717) is 60.7 Å². The van der Waals surface area contributed by atoms with Crippen molar-refractivity contribution >= 4 is 27.5 Å². The Kier molecular flexibility index (Phi) is 6.59. The van der Waals surface area contributed by atoms with Crippen molar-refractivity contribution in [1.82, 2.24) is 25.2 Å². The standard InChI is InChI=1S/C33H36F2N6O2/c1-2-22-15-36-30-26-29(39-32(40-30)43-18-33-11-6-12-41(33)16-21(34)14-33)27(35)28(38-31(26)42-17-20-13-25(20)37-22)24-10-5-8-19-7-3-4-9-23(19)24/h3-5,7-10,20-22,25,37H,2,6,11-18H2,1H3,(H,36,39,40)/t20-,21-,22-,25+,33+/m1/s1. The maximum Gasteiger partial charge on any atom is 0.319 e. The summed E-state index contributed by atoms with van der Waals surface area (Å²) in [6.07, 6.45) is 3.38. The molecule has 2 aromatic carbocycles. The second-order valence-corrected chi connectivity index (χ2v) is 12.6. The van der Waals surface area contributed by atoms with E-state index in [4.69, 9.17) is 19.4 Å². The lowest BCUT2D eigenvalue weighted by atomic mass is 9.95. The summed E-state index contributed by atoms with van der Waals surface area (Å²) in [5.74, 6) is 0.549. The minimum absolute atomic E-state index is 0.0668. The fourth-order valence-electron chi connectivity index (χ4n) is 7.34. The van der Waals surface area contributed by atoms with Crippen LogP contribution in [0.2, 0.25) is 0 Å². The van der Waals surface area contributed by atoms with Crippen LogP contribution in [-0.4, -0.2) is 76.5 Å². The molecule has 224 valence electrons. The van der Waals surface area contributed by atoms with Crippen molar-refractivity contribution in [3.05, 3.63) is 48.3 Å². The number of pyridine rings is 1. The maximum atomic E-state index is 16.8. The Balaban J connectivity index is 1.27. The molecule has 0 spiro atoms. The summed E-state index contributed by atoms with van der Waals surface area (Å²) in [5, 5.41) is 9.46. The molecule has 5 heterocycles. The molecule has 1 saturated carbocycles. The van der Waals surface area contributed by atoms with Crippen molar-refractivity contribution in [1.29, 1.82) is 0 Å². The molecule has 3 aliphatic heterocycles. The number of benzene rings is 2. The van der Waals surface area contributed by atoms with Crippen LogP contribution in [0.4, 0.5) is 14.6 Å². The van der Waals surface area contributed by atoms with Gasteiger partial charge in [-0.2, -0.15) is 9.97 Å². The predicted octanol–water partition coefficient (Wildman–Crippen LogP) is 5.50. The number of alkyl halides is 1. The van der Waals surface area contributed by atoms with Crippen LogP contribution in [0.15, 0.2) is 42.5 Å². The van der Waals surface area contributed by atoms with E-state index >= 15 is 4.39 Å². The van der Waals surface area contributed by atoms with Gasteiger partial charge < -0.3 is 20.1 Å². The highest BCUT2D eigenvalue weighted by Crippen LogP contribution is 2.42. The Morgan fingerprint density at radius 1 is 1.14 bits per heavy atom. The van der Waals surface area contributed by atoms with Crippen LogP contribution >= 0.6 is 0 Å². The number of hydrogen-bond donors (Lipinski definition) is 2. The number of halogens is 2. The van der Waals surface area contributed by atoms with Gasteiger partial charge in [-0.3, -0.25) is 4.90 Å². The van der Waals surface area contributed by atoms with Gasteiger partial charge in [0.2, 0.25) is 5.88 Å². The van der Waals surface area contributed by atoms with Gasteiger partial charge in [-0.15, -0.1) is 0 Å². The van der Waals surface area contributed by atoms with Crippen molar-refractivity contribution in [3.8, 4) is 23.1 Å². The Labute approximate surface area is 249 Å². The zero-order chi connectivity index (χ0) is 29.1. The number of hydrogen-bond acceptors (Lipinski definition) is 8. The average Bonchev–Trinajstić information content (AvgIpc) is 3.54. The quantitative estimate of drug-likeness (QED) is 0.317. The lowest BCUT2D eigenvalue weighted by Crippen LogP contribution is -2.43. The van der Waals surface area contributed by atoms with E-state index in [2.05, 4.69) is 27.4 Å². The molecule has 8 nitrogen and oxygen atoms in total. The first-order valence-corrected chi connectivity index (χ1v) is 15.6. The van der Waals surface area contributed by atoms with Crippen LogP contribution in [0.25, 0.3) is 32.9 Å². The van der Waals surface area contributed by atoms with E-state index in [9.17, 15) is 4.39 Å². The number of fused-ring (bicyclic) bond motifs is 3. The second-order valence-electron chi connectivity index (χ2n) is 12.6. The molecule has 5 atom stereocenters. The summed E-state index contributed by atoms with van der Waals surface area (Å²) in [4.78, 5) is 16.4. The zero-order valence-electron chi connectivity index (χ0n) is 24.3. The highest BCUT2D eigenvalue weighted by Gasteiger charge is 2.49. The fraction of sp³-hybridized carbons (Fsp3) is 0.485. The summed E-state index contributed by atoms with van der Waals surface area (Å²) in [7, 11) is 0. The maximum absolute atomic E-state index is 16.8. The van der Waals surface area contributed by atoms with Crippen LogP contribution in [0.1, 0.15) is 39.0 Å². The lowest BCUT2D eigenvalue weighted by molar-refractivity contribution is 0.107. The van der Waals surface area contributed by atoms with Gasteiger partial charge in [0.15, 0.2) is 5.82 Å². The number of ether oxygens (including phenoxy) is 2. The summed E-state index contributed by atoms with van der Waals surface area (Å²) in [6.45, 7) is 4.76. The Morgan fingerprint density at radius 2 is 2.02 bits per heavy atom. The van der Waals surface area contributed by atoms with Gasteiger partial charge in [-0.1, -0.05) is 49.4 Å². The van der Waals surface area contributed by atoms with Gasteiger partial charge in [-0.25, -0.2) is 13.8 Å². The fourth-order valence-corrected chi connectivity index (χ4v) is 7.34. The molecule has 10 heteroatoms. The summed E-state index contributed by atoms with van der Waals surface area (Å²) in [5.41, 5.74) is 0.572. The molecule has 2 aromatic heterocycles. The number of nitrogens with zero attached hydrogens (tertiary/aromatic N) is 4. The minimum Gasteiger partial charge on any atom is -0.477 e. The Hall–Kier alpha value is -3.63. The average molecular weight is 587 g/mol. The summed E-state index contributed by atoms with van der Waals surface area (Å²) in [6, 6.07) is 14.3. The molecule has 0 unspecified atom stereocenters. The first kappa shape index (κ1) is 27.0. The molecule has 4 aromatic rings. The Bertz CT molecular complexity index is 1700. The smallest absolute Gasteiger partial charge is 0.319 e. The van der Waals surface area contributed by atoms with Gasteiger partial charge in [0.05, 0.1) is 12.1 Å². The molecule has 0 amide bonds. The number of nitrogens with one attached hydrogen (secondary N) is 2. The minimum atomic E-state index is -0.871. The third-order valence-corrected chi connectivity index (χ3v) is 9.82. The summed E-state index contributed by atoms with van der Waals surface area (Å²) >= 11 is 0. The highest BCUT2D eigenvalue weighted by molar-refractivity contribution is 6.00. The first-order valence-electron chi connectivity index (χ1n) is 15.6. The second kappa shape index (κ2) is 10.5. The number of rotatable bonds is 5. The van der Waals surface area contributed by atoms with Crippen molar-refractivity contribution in [2.24, 2.45) is 5.92 Å². The largest absolute Gasteiger partial charge is 0.477 e. The molecule has 43 heavy (non-hydrogen) atoms. The van der Waals surface area contributed by atoms with Crippen molar-refractivity contribution in [2.45, 2.75) is 62.8 Å². The molecule has 2 N–H and O–H groups in total. The van der Waals surface area contributed by atoms with E-state index in [0.717, 1.165) is 43.0 Å². The van der Waals surface area contributed by atoms with E-state index < -0.39 is 12.0 Å². The van der Waals surface area contributed by atoms with Crippen LogP contribution < -0.4 is 20.1 Å². The van der Waals surface area contributed by atoms with Gasteiger partial charge in [0.25, 0.3) is 0 Å². The number of aromatic nitrogens is 3. The highest BCUT2D eigenvalue weighted by atomic mass is 19.1. The van der Waals surface area contributed by atoms with Crippen molar-refractivity contribution < 1.29 is 18.3 Å². The molecule has 3 fully saturated rings. The van der Waals surface area contributed by atoms with Gasteiger partial charge in [-0.05, 0) is 43.0 Å². The SMILES string of the molecule is CC[C@@H]1CNc2nc(OC[C@@]34CCCN3C[C@H](F)C4)nc3c(F)c(-c4cccc5ccccc45)nc(c23)OC[C@H]2C[C@@H]2N1. The van der Waals surface area contributed by atoms with Crippen LogP contribution in [0.5, 0.6) is 11.9 Å². The third kappa shape index (κ3) is 4.75. The van der Waals surface area contributed by atoms with E-state index in [1.807, 2.05) is 42.5 Å². The van der Waals surface area contributed by atoms with Crippen molar-refractivity contribution in [3.63, 3.8) is 0 Å². The van der Waals surface area contributed by atoms with Crippen LogP contribution in [-0.2, 0) is 0 Å². The molecule has 2 saturated heterocycles. The van der Waals surface area contributed by atoms with E-state index in [1.165, 1.54) is 0 Å². The van der Waals surface area contributed by atoms with Crippen molar-refractivity contribution in [2.75, 3.05) is 38.2 Å². The van der Waals surface area contributed by atoms with Crippen LogP contribution in [0, 0.1) is 11.7 Å². The normalized spacial score (nSPS) is 28.5. The van der Waals surface area contributed by atoms with Gasteiger partial charge in [0.1, 0.15) is 35.2 Å². The molecular weight excluding hydrogens is 550 g/mol. The Morgan fingerprint density at radius 3 is 2.93 bits per heavy atom. The lowest BCUT2D eigenvalue weighted by Gasteiger charge is -2.30. The zero-order valence-corrected chi connectivity index (χ0v) is 24.3. The third-order valence-electron chi connectivity index (χ3n) is 9.82. The monoisotopic (exact) mass is 586 g/mol. The molecule has 0 radical (unpaired) electrons. The van der Waals surface area contributed by atoms with E-state index in [-0.39, 0.29) is 35.4 Å². The van der Waals surface area contributed by atoms with Gasteiger partial charge >= 0.3 is 6.01 Å². The molecule has 4 aliphatic rings. The molecule has 8 rings (SSSR count). The number of anilines is 1.